The van der Waals surface area contributed by atoms with Crippen LogP contribution in [0.25, 0.3) is 0 Å². The first kappa shape index (κ1) is 17.2. The van der Waals surface area contributed by atoms with E-state index in [0.29, 0.717) is 5.16 Å². The van der Waals surface area contributed by atoms with E-state index in [-0.39, 0.29) is 5.25 Å². The normalized spacial score (nSPS) is 19.4. The van der Waals surface area contributed by atoms with Crippen LogP contribution in [0.1, 0.15) is 39.5 Å². The van der Waals surface area contributed by atoms with Gasteiger partial charge in [-0.15, -0.1) is 0 Å². The molecule has 5 heteroatoms. The van der Waals surface area contributed by atoms with Crippen LogP contribution in [0.2, 0.25) is 0 Å². The predicted octanol–water partition coefficient (Wildman–Crippen LogP) is 3.28. The summed E-state index contributed by atoms with van der Waals surface area (Å²) in [5.41, 5.74) is 1.39. The van der Waals surface area contributed by atoms with Crippen LogP contribution >= 0.6 is 0 Å². The molecule has 0 aromatic carbocycles. The number of allylic oxidation sites excluding steroid dienone is 2. The summed E-state index contributed by atoms with van der Waals surface area (Å²) >= 11 is 0. The van der Waals surface area contributed by atoms with E-state index >= 15 is 0 Å². The Morgan fingerprint density at radius 2 is 2.09 bits per heavy atom. The average Bonchev–Trinajstić information content (AvgIpc) is 3.07. The molecule has 0 amide bonds. The van der Waals surface area contributed by atoms with Crippen LogP contribution in [0.5, 0.6) is 0 Å². The first-order valence-corrected chi connectivity index (χ1v) is 9.44. The summed E-state index contributed by atoms with van der Waals surface area (Å²) in [4.78, 5) is 9.61. The van der Waals surface area contributed by atoms with E-state index in [1.165, 1.54) is 31.5 Å². The van der Waals surface area contributed by atoms with Crippen molar-refractivity contribution in [2.24, 2.45) is 0 Å². The van der Waals surface area contributed by atoms with E-state index in [1.807, 2.05) is 12.2 Å². The maximum atomic E-state index is 12.5. The number of aromatic nitrogens is 2. The van der Waals surface area contributed by atoms with E-state index in [9.17, 15) is 4.21 Å². The average molecular weight is 321 g/mol. The van der Waals surface area contributed by atoms with Crippen molar-refractivity contribution < 1.29 is 4.21 Å². The minimum atomic E-state index is -1.09. The lowest BCUT2D eigenvalue weighted by molar-refractivity contribution is 0.277. The zero-order chi connectivity index (χ0) is 15.8. The molecule has 1 aliphatic rings. The highest BCUT2D eigenvalue weighted by molar-refractivity contribution is 7.85. The van der Waals surface area contributed by atoms with Gasteiger partial charge in [0, 0.05) is 18.9 Å². The molecular weight excluding hydrogens is 294 g/mol. The Morgan fingerprint density at radius 1 is 1.32 bits per heavy atom. The molecule has 22 heavy (non-hydrogen) atoms. The van der Waals surface area contributed by atoms with E-state index in [2.05, 4.69) is 34.8 Å². The van der Waals surface area contributed by atoms with E-state index < -0.39 is 10.8 Å². The van der Waals surface area contributed by atoms with Crippen LogP contribution < -0.4 is 0 Å². The quantitative estimate of drug-likeness (QED) is 0.759. The highest BCUT2D eigenvalue weighted by Gasteiger charge is 2.21. The third kappa shape index (κ3) is 4.92. The van der Waals surface area contributed by atoms with Crippen molar-refractivity contribution >= 4 is 10.8 Å². The van der Waals surface area contributed by atoms with Crippen LogP contribution in [0.3, 0.4) is 0 Å². The molecule has 2 atom stereocenters. The third-order valence-corrected chi connectivity index (χ3v) is 5.37. The van der Waals surface area contributed by atoms with Gasteiger partial charge in [0.2, 0.25) is 0 Å². The fourth-order valence-corrected chi connectivity index (χ4v) is 4.05. The predicted molar refractivity (Wildman–Crippen MR) is 92.3 cm³/mol. The molecule has 1 aromatic heterocycles. The molecule has 0 saturated carbocycles. The molecule has 4 nitrogen and oxygen atoms in total. The van der Waals surface area contributed by atoms with Crippen molar-refractivity contribution in [1.82, 2.24) is 14.9 Å². The molecule has 1 heterocycles. The monoisotopic (exact) mass is 321 g/mol. The molecule has 0 fully saturated rings. The molecule has 0 aliphatic heterocycles. The van der Waals surface area contributed by atoms with Gasteiger partial charge in [0.15, 0.2) is 5.16 Å². The Kier molecular flexibility index (Phi) is 7.06. The van der Waals surface area contributed by atoms with Crippen molar-refractivity contribution in [3.63, 3.8) is 0 Å². The fraction of sp³-hybridized carbons (Fsp3) is 0.588. The van der Waals surface area contributed by atoms with Gasteiger partial charge in [0.1, 0.15) is 0 Å². The number of hydrogen-bond donors (Lipinski definition) is 1. The SMILES string of the molecule is CCCN(CCC)CCC1=CC=CC(S(=O)c2ncc[nH]2)C1. The van der Waals surface area contributed by atoms with Gasteiger partial charge in [-0.3, -0.25) is 4.21 Å². The standard InChI is InChI=1S/C17H27N3OS/c1-3-11-20(12-4-2)13-8-15-6-5-7-16(14-15)22(21)17-18-9-10-19-17/h5-7,9-10,16H,3-4,8,11-14H2,1-2H3,(H,18,19). The summed E-state index contributed by atoms with van der Waals surface area (Å²) in [5, 5.41) is 0.617. The molecule has 0 bridgehead atoms. The Hall–Kier alpha value is -1.20. The smallest absolute Gasteiger partial charge is 0.196 e. The van der Waals surface area contributed by atoms with E-state index in [1.54, 1.807) is 12.4 Å². The first-order chi connectivity index (χ1) is 10.7. The number of nitrogens with zero attached hydrogens (tertiary/aromatic N) is 2. The second-order valence-electron chi connectivity index (χ2n) is 5.74. The highest BCUT2D eigenvalue weighted by atomic mass is 32.2. The van der Waals surface area contributed by atoms with Crippen molar-refractivity contribution in [3.8, 4) is 0 Å². The zero-order valence-corrected chi connectivity index (χ0v) is 14.4. The lowest BCUT2D eigenvalue weighted by Gasteiger charge is -2.23. The maximum Gasteiger partial charge on any atom is 0.196 e. The molecule has 122 valence electrons. The second kappa shape index (κ2) is 9.06. The number of aromatic amines is 1. The number of nitrogens with one attached hydrogen (secondary N) is 1. The largest absolute Gasteiger partial charge is 0.338 e. The highest BCUT2D eigenvalue weighted by Crippen LogP contribution is 2.22. The molecule has 0 spiro atoms. The third-order valence-electron chi connectivity index (χ3n) is 3.89. The molecule has 1 aliphatic carbocycles. The minimum absolute atomic E-state index is 0.0388. The fourth-order valence-electron chi connectivity index (χ4n) is 2.82. The topological polar surface area (TPSA) is 49.0 Å². The van der Waals surface area contributed by atoms with Crippen molar-refractivity contribution in [2.75, 3.05) is 19.6 Å². The summed E-state index contributed by atoms with van der Waals surface area (Å²) in [6.45, 7) is 7.89. The van der Waals surface area contributed by atoms with Gasteiger partial charge in [-0.05, 0) is 38.8 Å². The molecule has 0 saturated heterocycles. The lowest BCUT2D eigenvalue weighted by Crippen LogP contribution is -2.27. The van der Waals surface area contributed by atoms with Crippen LogP contribution in [-0.4, -0.2) is 44.0 Å². The van der Waals surface area contributed by atoms with Gasteiger partial charge in [-0.2, -0.15) is 0 Å². The Labute approximate surface area is 136 Å². The van der Waals surface area contributed by atoms with Crippen molar-refractivity contribution in [3.05, 3.63) is 36.2 Å². The number of H-pyrrole nitrogens is 1. The van der Waals surface area contributed by atoms with Gasteiger partial charge in [0.05, 0.1) is 16.0 Å². The summed E-state index contributed by atoms with van der Waals surface area (Å²) < 4.78 is 12.5. The van der Waals surface area contributed by atoms with Gasteiger partial charge in [0.25, 0.3) is 0 Å². The molecule has 2 rings (SSSR count). The van der Waals surface area contributed by atoms with Crippen molar-refractivity contribution in [2.45, 2.75) is 49.9 Å². The van der Waals surface area contributed by atoms with Gasteiger partial charge in [-0.1, -0.05) is 37.6 Å². The molecule has 1 N–H and O–H groups in total. The van der Waals surface area contributed by atoms with Gasteiger partial charge < -0.3 is 9.88 Å². The maximum absolute atomic E-state index is 12.5. The summed E-state index contributed by atoms with van der Waals surface area (Å²) in [6.07, 6.45) is 14.0. The Balaban J connectivity index is 1.87. The van der Waals surface area contributed by atoms with Gasteiger partial charge in [-0.25, -0.2) is 4.98 Å². The molecule has 0 radical (unpaired) electrons. The molecular formula is C17H27N3OS. The minimum Gasteiger partial charge on any atom is -0.338 e. The Morgan fingerprint density at radius 3 is 2.73 bits per heavy atom. The molecule has 2 unspecified atom stereocenters. The lowest BCUT2D eigenvalue weighted by atomic mass is 10.0. The van der Waals surface area contributed by atoms with Gasteiger partial charge >= 0.3 is 0 Å². The van der Waals surface area contributed by atoms with Crippen LogP contribution in [0.15, 0.2) is 41.4 Å². The van der Waals surface area contributed by atoms with E-state index in [0.717, 1.165) is 19.4 Å². The molecule has 1 aromatic rings. The number of hydrogen-bond acceptors (Lipinski definition) is 3. The number of rotatable bonds is 9. The van der Waals surface area contributed by atoms with E-state index in [4.69, 9.17) is 0 Å². The summed E-state index contributed by atoms with van der Waals surface area (Å²) in [6, 6.07) is 0. The van der Waals surface area contributed by atoms with Crippen LogP contribution in [0.4, 0.5) is 0 Å². The summed E-state index contributed by atoms with van der Waals surface area (Å²) in [5.74, 6) is 0. The van der Waals surface area contributed by atoms with Crippen LogP contribution in [-0.2, 0) is 10.8 Å². The van der Waals surface area contributed by atoms with Crippen LogP contribution in [0, 0.1) is 0 Å². The second-order valence-corrected chi connectivity index (χ2v) is 7.32. The summed E-state index contributed by atoms with van der Waals surface area (Å²) in [7, 11) is -1.09. The van der Waals surface area contributed by atoms with Crippen molar-refractivity contribution in [1.29, 1.82) is 0 Å². The Bertz CT molecular complexity index is 516. The number of imidazole rings is 1. The first-order valence-electron chi connectivity index (χ1n) is 8.23. The zero-order valence-electron chi connectivity index (χ0n) is 13.6.